The number of nitrogens with zero attached hydrogens (tertiary/aromatic N) is 2. The maximum atomic E-state index is 12.5. The number of amides is 2. The lowest BCUT2D eigenvalue weighted by Crippen LogP contribution is -2.47. The first kappa shape index (κ1) is 16.0. The van der Waals surface area contributed by atoms with Gasteiger partial charge in [-0.05, 0) is 32.2 Å². The van der Waals surface area contributed by atoms with E-state index in [-0.39, 0.29) is 16.6 Å². The molecule has 21 heavy (non-hydrogen) atoms. The first-order chi connectivity index (χ1) is 9.97. The second-order valence-electron chi connectivity index (χ2n) is 5.28. The van der Waals surface area contributed by atoms with Gasteiger partial charge in [-0.1, -0.05) is 22.0 Å². The van der Waals surface area contributed by atoms with Crippen molar-refractivity contribution < 1.29 is 9.59 Å². The standard InChI is InChI=1S/C15H20BrN3O2/c1-11(16)14(20)17-13-5-3-4-12(10-13)15(21)19-8-6-18(2)7-9-19/h3-5,10-11H,6-9H2,1-2H3,(H,17,20). The molecule has 1 aromatic carbocycles. The molecule has 1 heterocycles. The molecule has 114 valence electrons. The monoisotopic (exact) mass is 353 g/mol. The summed E-state index contributed by atoms with van der Waals surface area (Å²) in [5.74, 6) is -0.106. The maximum absolute atomic E-state index is 12.5. The normalized spacial score (nSPS) is 17.4. The zero-order valence-electron chi connectivity index (χ0n) is 12.3. The number of carbonyl (C=O) groups is 2. The molecule has 2 amide bonds. The van der Waals surface area contributed by atoms with Crippen molar-refractivity contribution in [2.75, 3.05) is 38.5 Å². The fourth-order valence-electron chi connectivity index (χ4n) is 2.16. The number of hydrogen-bond acceptors (Lipinski definition) is 3. The van der Waals surface area contributed by atoms with Crippen molar-refractivity contribution in [3.63, 3.8) is 0 Å². The molecule has 5 nitrogen and oxygen atoms in total. The van der Waals surface area contributed by atoms with Crippen molar-refractivity contribution in [1.82, 2.24) is 9.80 Å². The lowest BCUT2D eigenvalue weighted by molar-refractivity contribution is -0.115. The van der Waals surface area contributed by atoms with Crippen molar-refractivity contribution in [3.05, 3.63) is 29.8 Å². The molecule has 0 aromatic heterocycles. The molecule has 1 aromatic rings. The van der Waals surface area contributed by atoms with E-state index in [0.717, 1.165) is 26.2 Å². The minimum absolute atomic E-state index is 0.0195. The SMILES string of the molecule is CC(Br)C(=O)Nc1cccc(C(=O)N2CCN(C)CC2)c1. The predicted octanol–water partition coefficient (Wildman–Crippen LogP) is 1.80. The van der Waals surface area contributed by atoms with Crippen LogP contribution in [-0.2, 0) is 4.79 Å². The molecule has 6 heteroatoms. The molecule has 0 spiro atoms. The molecule has 1 N–H and O–H groups in total. The Morgan fingerprint density at radius 3 is 2.52 bits per heavy atom. The van der Waals surface area contributed by atoms with E-state index in [9.17, 15) is 9.59 Å². The fraction of sp³-hybridized carbons (Fsp3) is 0.467. The number of alkyl halides is 1. The molecule has 1 atom stereocenters. The summed E-state index contributed by atoms with van der Waals surface area (Å²) in [5.41, 5.74) is 1.26. The number of carbonyl (C=O) groups excluding carboxylic acids is 2. The average Bonchev–Trinajstić information content (AvgIpc) is 2.47. The Morgan fingerprint density at radius 2 is 1.90 bits per heavy atom. The Labute approximate surface area is 133 Å². The van der Waals surface area contributed by atoms with Crippen LogP contribution in [0.15, 0.2) is 24.3 Å². The van der Waals surface area contributed by atoms with Gasteiger partial charge in [-0.25, -0.2) is 0 Å². The summed E-state index contributed by atoms with van der Waals surface area (Å²) in [6.07, 6.45) is 0. The van der Waals surface area contributed by atoms with Gasteiger partial charge in [0.2, 0.25) is 5.91 Å². The lowest BCUT2D eigenvalue weighted by atomic mass is 10.1. The third-order valence-corrected chi connectivity index (χ3v) is 3.94. The van der Waals surface area contributed by atoms with Gasteiger partial charge in [0.25, 0.3) is 5.91 Å². The van der Waals surface area contributed by atoms with Crippen molar-refractivity contribution >= 4 is 33.4 Å². The molecule has 1 aliphatic rings. The van der Waals surface area contributed by atoms with Gasteiger partial charge in [0, 0.05) is 37.4 Å². The van der Waals surface area contributed by atoms with Crippen molar-refractivity contribution in [1.29, 1.82) is 0 Å². The van der Waals surface area contributed by atoms with E-state index in [4.69, 9.17) is 0 Å². The molecule has 2 rings (SSSR count). The highest BCUT2D eigenvalue weighted by Gasteiger charge is 2.20. The molecule has 1 aliphatic heterocycles. The Morgan fingerprint density at radius 1 is 1.24 bits per heavy atom. The van der Waals surface area contributed by atoms with Gasteiger partial charge < -0.3 is 15.1 Å². The Balaban J connectivity index is 2.06. The molecular formula is C15H20BrN3O2. The largest absolute Gasteiger partial charge is 0.336 e. The van der Waals surface area contributed by atoms with Crippen LogP contribution in [0, 0.1) is 0 Å². The molecule has 1 fully saturated rings. The third kappa shape index (κ3) is 4.28. The molecule has 1 saturated heterocycles. The minimum Gasteiger partial charge on any atom is -0.336 e. The first-order valence-electron chi connectivity index (χ1n) is 7.00. The summed E-state index contributed by atoms with van der Waals surface area (Å²) in [6, 6.07) is 7.09. The summed E-state index contributed by atoms with van der Waals surface area (Å²) >= 11 is 3.22. The average molecular weight is 354 g/mol. The molecule has 0 bridgehead atoms. The van der Waals surface area contributed by atoms with Crippen LogP contribution >= 0.6 is 15.9 Å². The van der Waals surface area contributed by atoms with Gasteiger partial charge in [-0.15, -0.1) is 0 Å². The summed E-state index contributed by atoms with van der Waals surface area (Å²) in [7, 11) is 2.05. The highest BCUT2D eigenvalue weighted by Crippen LogP contribution is 2.15. The lowest BCUT2D eigenvalue weighted by Gasteiger charge is -2.32. The van der Waals surface area contributed by atoms with E-state index >= 15 is 0 Å². The molecule has 0 radical (unpaired) electrons. The third-order valence-electron chi connectivity index (χ3n) is 3.53. The van der Waals surface area contributed by atoms with Crippen LogP contribution in [0.25, 0.3) is 0 Å². The van der Waals surface area contributed by atoms with Crippen LogP contribution < -0.4 is 5.32 Å². The van der Waals surface area contributed by atoms with Crippen molar-refractivity contribution in [2.45, 2.75) is 11.8 Å². The van der Waals surface area contributed by atoms with Crippen LogP contribution in [0.4, 0.5) is 5.69 Å². The van der Waals surface area contributed by atoms with Gasteiger partial charge in [0.15, 0.2) is 0 Å². The number of rotatable bonds is 3. The second-order valence-corrected chi connectivity index (χ2v) is 6.66. The van der Waals surface area contributed by atoms with Gasteiger partial charge in [0.05, 0.1) is 4.83 Å². The number of nitrogens with one attached hydrogen (secondary N) is 1. The van der Waals surface area contributed by atoms with E-state index < -0.39 is 0 Å². The number of hydrogen-bond donors (Lipinski definition) is 1. The van der Waals surface area contributed by atoms with E-state index in [2.05, 4.69) is 33.2 Å². The highest BCUT2D eigenvalue weighted by atomic mass is 79.9. The van der Waals surface area contributed by atoms with Crippen molar-refractivity contribution in [3.8, 4) is 0 Å². The van der Waals surface area contributed by atoms with E-state index in [1.54, 1.807) is 31.2 Å². The number of likely N-dealkylation sites (N-methyl/N-ethyl adjacent to an activating group) is 1. The highest BCUT2D eigenvalue weighted by molar-refractivity contribution is 9.10. The topological polar surface area (TPSA) is 52.7 Å². The fourth-order valence-corrected chi connectivity index (χ4v) is 2.28. The van der Waals surface area contributed by atoms with Gasteiger partial charge in [0.1, 0.15) is 0 Å². The summed E-state index contributed by atoms with van der Waals surface area (Å²) in [5, 5.41) is 2.78. The van der Waals surface area contributed by atoms with Crippen LogP contribution in [0.1, 0.15) is 17.3 Å². The van der Waals surface area contributed by atoms with E-state index in [0.29, 0.717) is 11.3 Å². The van der Waals surface area contributed by atoms with Crippen LogP contribution in [-0.4, -0.2) is 59.7 Å². The summed E-state index contributed by atoms with van der Waals surface area (Å²) in [4.78, 5) is 27.9. The van der Waals surface area contributed by atoms with Gasteiger partial charge in [-0.3, -0.25) is 9.59 Å². The summed E-state index contributed by atoms with van der Waals surface area (Å²) in [6.45, 7) is 5.02. The number of piperazine rings is 1. The molecule has 0 aliphatic carbocycles. The van der Waals surface area contributed by atoms with Gasteiger partial charge in [-0.2, -0.15) is 0 Å². The van der Waals surface area contributed by atoms with E-state index in [1.807, 2.05) is 4.90 Å². The first-order valence-corrected chi connectivity index (χ1v) is 7.92. The number of anilines is 1. The smallest absolute Gasteiger partial charge is 0.254 e. The van der Waals surface area contributed by atoms with Crippen LogP contribution in [0.2, 0.25) is 0 Å². The molecular weight excluding hydrogens is 334 g/mol. The Kier molecular flexibility index (Phi) is 5.36. The van der Waals surface area contributed by atoms with Gasteiger partial charge >= 0.3 is 0 Å². The van der Waals surface area contributed by atoms with Crippen molar-refractivity contribution in [2.24, 2.45) is 0 Å². The minimum atomic E-state index is -0.269. The summed E-state index contributed by atoms with van der Waals surface area (Å²) < 4.78 is 0. The van der Waals surface area contributed by atoms with E-state index in [1.165, 1.54) is 0 Å². The quantitative estimate of drug-likeness (QED) is 0.843. The molecule has 1 unspecified atom stereocenters. The second kappa shape index (κ2) is 7.04. The zero-order chi connectivity index (χ0) is 15.4. The van der Waals surface area contributed by atoms with Crippen LogP contribution in [0.5, 0.6) is 0 Å². The maximum Gasteiger partial charge on any atom is 0.254 e. The number of halogens is 1. The molecule has 0 saturated carbocycles. The number of benzene rings is 1. The predicted molar refractivity (Wildman–Crippen MR) is 86.9 cm³/mol. The zero-order valence-corrected chi connectivity index (χ0v) is 13.9. The van der Waals surface area contributed by atoms with Crippen LogP contribution in [0.3, 0.4) is 0 Å². The Hall–Kier alpha value is -1.40. The Bertz CT molecular complexity index is 525.